The topological polar surface area (TPSA) is 25.8 Å². The fourth-order valence-corrected chi connectivity index (χ4v) is 3.30. The normalized spacial score (nSPS) is 11.3. The van der Waals surface area contributed by atoms with E-state index < -0.39 is 0 Å². The molecule has 0 aliphatic rings. The van der Waals surface area contributed by atoms with Gasteiger partial charge in [0.05, 0.1) is 0 Å². The van der Waals surface area contributed by atoms with Gasteiger partial charge in [-0.3, -0.25) is 0 Å². The van der Waals surface area contributed by atoms with E-state index in [2.05, 4.69) is 64.6 Å². The molecule has 0 spiro atoms. The number of aromatic nitrogens is 2. The second-order valence-electron chi connectivity index (χ2n) is 6.55. The molecule has 0 bridgehead atoms. The van der Waals surface area contributed by atoms with Gasteiger partial charge in [0.1, 0.15) is 0 Å². The molecule has 2 nitrogen and oxygen atoms in total. The van der Waals surface area contributed by atoms with Crippen molar-refractivity contribution in [3.63, 3.8) is 0 Å². The van der Waals surface area contributed by atoms with Gasteiger partial charge in [0, 0.05) is 5.82 Å². The predicted molar refractivity (Wildman–Crippen MR) is 87.9 cm³/mol. The van der Waals surface area contributed by atoms with Crippen LogP contribution in [0.5, 0.6) is 0 Å². The largest absolute Gasteiger partial charge is 3.00 e. The fraction of sp³-hybridized carbons (Fsp3) is 0.474. The number of hydrogen-bond acceptors (Lipinski definition) is 2. The molecule has 2 rings (SSSR count). The third-order valence-electron chi connectivity index (χ3n) is 4.98. The summed E-state index contributed by atoms with van der Waals surface area (Å²) in [6, 6.07) is 1.91. The van der Waals surface area contributed by atoms with Crippen molar-refractivity contribution in [3.05, 3.63) is 57.2 Å². The molecule has 0 unspecified atom stereocenters. The van der Waals surface area contributed by atoms with Crippen LogP contribution in [0.25, 0.3) is 0 Å². The predicted octanol–water partition coefficient (Wildman–Crippen LogP) is 4.45. The SMILES string of the molecule is Cc1n[c-]cc(C(C)(C)c2c(C)c(C)c(C)c(C)c2C)n1.[Y+3]. The molecule has 0 atom stereocenters. The average Bonchev–Trinajstić information content (AvgIpc) is 2.43. The molecule has 3 heteroatoms. The zero-order chi connectivity index (χ0) is 15.9. The second kappa shape index (κ2) is 6.88. The Hall–Kier alpha value is -0.596. The average molecular weight is 370 g/mol. The van der Waals surface area contributed by atoms with Gasteiger partial charge in [0.25, 0.3) is 0 Å². The molecule has 0 saturated heterocycles. The number of hydrogen-bond donors (Lipinski definition) is 0. The number of benzene rings is 1. The van der Waals surface area contributed by atoms with Crippen molar-refractivity contribution in [1.82, 2.24) is 9.97 Å². The van der Waals surface area contributed by atoms with Crippen LogP contribution >= 0.6 is 0 Å². The Bertz CT molecular complexity index is 674. The zero-order valence-corrected chi connectivity index (χ0v) is 17.9. The van der Waals surface area contributed by atoms with Crippen LogP contribution in [0.15, 0.2) is 6.07 Å². The van der Waals surface area contributed by atoms with Crippen LogP contribution in [-0.2, 0) is 38.1 Å². The van der Waals surface area contributed by atoms with Crippen molar-refractivity contribution in [1.29, 1.82) is 0 Å². The van der Waals surface area contributed by atoms with E-state index >= 15 is 0 Å². The van der Waals surface area contributed by atoms with Gasteiger partial charge in [-0.15, -0.1) is 6.07 Å². The van der Waals surface area contributed by atoms with Crippen molar-refractivity contribution in [3.8, 4) is 0 Å². The number of nitrogens with zero attached hydrogens (tertiary/aromatic N) is 2. The van der Waals surface area contributed by atoms with Gasteiger partial charge in [-0.25, -0.2) is 0 Å². The third-order valence-corrected chi connectivity index (χ3v) is 4.98. The molecule has 1 aromatic heterocycles. The van der Waals surface area contributed by atoms with Crippen LogP contribution in [0.1, 0.15) is 58.7 Å². The van der Waals surface area contributed by atoms with Crippen molar-refractivity contribution in [2.45, 2.75) is 60.8 Å². The Morgan fingerprint density at radius 1 is 0.818 bits per heavy atom. The standard InChI is InChI=1S/C19H25N2.Y/c1-11-12(2)14(4)18(15(5)13(11)3)19(7,8)17-9-10-20-16(6)21-17;/h9H,1-8H3;/q-1;+3. The summed E-state index contributed by atoms with van der Waals surface area (Å²) in [7, 11) is 0. The van der Waals surface area contributed by atoms with E-state index in [4.69, 9.17) is 0 Å². The molecular formula is C19H25N2Y+2. The van der Waals surface area contributed by atoms with Gasteiger partial charge in [-0.2, -0.15) is 0 Å². The summed E-state index contributed by atoms with van der Waals surface area (Å²) in [5.74, 6) is 0.774. The Labute approximate surface area is 160 Å². The minimum absolute atomic E-state index is 0. The van der Waals surface area contributed by atoms with Crippen molar-refractivity contribution in [2.75, 3.05) is 0 Å². The van der Waals surface area contributed by atoms with Crippen molar-refractivity contribution in [2.24, 2.45) is 0 Å². The maximum absolute atomic E-state index is 4.64. The van der Waals surface area contributed by atoms with Crippen LogP contribution in [0.3, 0.4) is 0 Å². The second-order valence-corrected chi connectivity index (χ2v) is 6.55. The smallest absolute Gasteiger partial charge is 0.373 e. The molecule has 0 aliphatic carbocycles. The first-order valence-electron chi connectivity index (χ1n) is 7.47. The fourth-order valence-electron chi connectivity index (χ4n) is 3.30. The van der Waals surface area contributed by atoms with Gasteiger partial charge >= 0.3 is 32.7 Å². The summed E-state index contributed by atoms with van der Waals surface area (Å²) in [5.41, 5.74) is 9.18. The van der Waals surface area contributed by atoms with E-state index in [9.17, 15) is 0 Å². The Morgan fingerprint density at radius 2 is 1.27 bits per heavy atom. The molecule has 0 radical (unpaired) electrons. The molecule has 1 aromatic carbocycles. The molecule has 112 valence electrons. The molecule has 0 saturated carbocycles. The van der Waals surface area contributed by atoms with Gasteiger partial charge < -0.3 is 9.97 Å². The summed E-state index contributed by atoms with van der Waals surface area (Å²) in [5, 5.41) is 0. The maximum Gasteiger partial charge on any atom is 3.00 e. The molecule has 0 amide bonds. The van der Waals surface area contributed by atoms with Gasteiger partial charge in [-0.1, -0.05) is 32.7 Å². The molecule has 0 N–H and O–H groups in total. The monoisotopic (exact) mass is 370 g/mol. The summed E-state index contributed by atoms with van der Waals surface area (Å²) in [6.07, 6.45) is 2.97. The number of aryl methyl sites for hydroxylation is 1. The van der Waals surface area contributed by atoms with E-state index in [1.165, 1.54) is 33.4 Å². The third kappa shape index (κ3) is 3.19. The van der Waals surface area contributed by atoms with Crippen molar-refractivity contribution >= 4 is 0 Å². The molecule has 0 fully saturated rings. The van der Waals surface area contributed by atoms with E-state index in [0.717, 1.165) is 11.5 Å². The minimum Gasteiger partial charge on any atom is -0.373 e. The van der Waals surface area contributed by atoms with E-state index in [1.54, 1.807) is 0 Å². The Morgan fingerprint density at radius 3 is 1.73 bits per heavy atom. The number of rotatable bonds is 2. The first kappa shape index (κ1) is 19.5. The molecule has 0 aliphatic heterocycles. The first-order chi connectivity index (χ1) is 9.67. The first-order valence-corrected chi connectivity index (χ1v) is 7.47. The molecule has 22 heavy (non-hydrogen) atoms. The quantitative estimate of drug-likeness (QED) is 0.730. The Balaban J connectivity index is 0.00000242. The van der Waals surface area contributed by atoms with Gasteiger partial charge in [0.15, 0.2) is 0 Å². The summed E-state index contributed by atoms with van der Waals surface area (Å²) >= 11 is 0. The van der Waals surface area contributed by atoms with E-state index in [1.807, 2.05) is 13.0 Å². The summed E-state index contributed by atoms with van der Waals surface area (Å²) in [4.78, 5) is 8.75. The Kier molecular flexibility index (Phi) is 6.09. The van der Waals surface area contributed by atoms with E-state index in [0.29, 0.717) is 0 Å². The van der Waals surface area contributed by atoms with Gasteiger partial charge in [0.2, 0.25) is 0 Å². The summed E-state index contributed by atoms with van der Waals surface area (Å²) in [6.45, 7) is 17.5. The van der Waals surface area contributed by atoms with Crippen LogP contribution < -0.4 is 0 Å². The van der Waals surface area contributed by atoms with Gasteiger partial charge in [-0.05, 0) is 73.4 Å². The molecule has 2 aromatic rings. The van der Waals surface area contributed by atoms with Crippen LogP contribution in [0.2, 0.25) is 0 Å². The molecule has 1 heterocycles. The maximum atomic E-state index is 4.64. The van der Waals surface area contributed by atoms with Crippen molar-refractivity contribution < 1.29 is 32.7 Å². The zero-order valence-electron chi connectivity index (χ0n) is 15.0. The van der Waals surface area contributed by atoms with Crippen LogP contribution in [-0.4, -0.2) is 9.97 Å². The van der Waals surface area contributed by atoms with Crippen LogP contribution in [0.4, 0.5) is 0 Å². The molecular weight excluding hydrogens is 345 g/mol. The van der Waals surface area contributed by atoms with Crippen LogP contribution in [0, 0.1) is 47.7 Å². The summed E-state index contributed by atoms with van der Waals surface area (Å²) < 4.78 is 0. The van der Waals surface area contributed by atoms with E-state index in [-0.39, 0.29) is 38.1 Å². The minimum atomic E-state index is -0.151.